The molecule has 0 radical (unpaired) electrons. The van der Waals surface area contributed by atoms with E-state index in [0.717, 1.165) is 6.42 Å². The van der Waals surface area contributed by atoms with E-state index in [1.165, 1.54) is 0 Å². The molecule has 4 rings (SSSR count). The van der Waals surface area contributed by atoms with Crippen molar-refractivity contribution in [1.82, 2.24) is 20.0 Å². The predicted molar refractivity (Wildman–Crippen MR) is 141 cm³/mol. The van der Waals surface area contributed by atoms with Crippen molar-refractivity contribution in [3.05, 3.63) is 0 Å². The van der Waals surface area contributed by atoms with Gasteiger partial charge in [0.1, 0.15) is 6.04 Å². The molecule has 2 amide bonds. The summed E-state index contributed by atoms with van der Waals surface area (Å²) in [6, 6.07) is -0.798. The molecule has 0 aliphatic carbocycles. The zero-order valence-corrected chi connectivity index (χ0v) is 23.9. The Kier molecular flexibility index (Phi) is 9.37. The summed E-state index contributed by atoms with van der Waals surface area (Å²) in [6.07, 6.45) is 2.45. The third-order valence-corrected chi connectivity index (χ3v) is 8.47. The van der Waals surface area contributed by atoms with E-state index in [1.54, 1.807) is 4.90 Å². The standard InChI is InChI=1S/C28H48F2N4O4/c1-19(2)12-23-25(35)34(11-8-31-23)24(13-20(3)4)26(36)33-10-7-28(14-21(33)5)37-16-22(17-38-28)15-32-9-6-27(29,30)18-32/h19-24,31H,6-18H2,1-5H3/t21-,22?,23-,24?,28?/m0/s1. The summed E-state index contributed by atoms with van der Waals surface area (Å²) in [5.74, 6) is -2.54. The number of nitrogens with one attached hydrogen (secondary N) is 1. The van der Waals surface area contributed by atoms with Gasteiger partial charge in [0.15, 0.2) is 5.79 Å². The second kappa shape index (κ2) is 12.0. The van der Waals surface area contributed by atoms with Gasteiger partial charge in [-0.3, -0.25) is 14.5 Å². The molecule has 0 bridgehead atoms. The molecule has 0 aromatic heterocycles. The van der Waals surface area contributed by atoms with Crippen molar-refractivity contribution in [2.24, 2.45) is 17.8 Å². The molecular weight excluding hydrogens is 494 g/mol. The molecule has 4 heterocycles. The molecule has 8 nitrogen and oxygen atoms in total. The predicted octanol–water partition coefficient (Wildman–Crippen LogP) is 2.96. The normalized spacial score (nSPS) is 33.5. The fourth-order valence-corrected chi connectivity index (χ4v) is 6.55. The summed E-state index contributed by atoms with van der Waals surface area (Å²) in [5.41, 5.74) is 0. The summed E-state index contributed by atoms with van der Waals surface area (Å²) in [7, 11) is 0. The molecule has 4 fully saturated rings. The van der Waals surface area contributed by atoms with Crippen molar-refractivity contribution in [3.63, 3.8) is 0 Å². The lowest BCUT2D eigenvalue weighted by atomic mass is 9.92. The molecule has 10 heteroatoms. The molecular formula is C28H48F2N4O4. The molecule has 218 valence electrons. The Morgan fingerprint density at radius 3 is 2.37 bits per heavy atom. The molecule has 4 aliphatic rings. The number of hydrogen-bond acceptors (Lipinski definition) is 6. The Labute approximate surface area is 226 Å². The summed E-state index contributed by atoms with van der Waals surface area (Å²) in [6.45, 7) is 13.9. The largest absolute Gasteiger partial charge is 0.349 e. The van der Waals surface area contributed by atoms with E-state index < -0.39 is 17.8 Å². The number of nitrogens with zero attached hydrogens (tertiary/aromatic N) is 3. The van der Waals surface area contributed by atoms with Crippen LogP contribution in [0.3, 0.4) is 0 Å². The topological polar surface area (TPSA) is 74.4 Å². The minimum atomic E-state index is -2.59. The van der Waals surface area contributed by atoms with Crippen LogP contribution in [-0.2, 0) is 19.1 Å². The maximum Gasteiger partial charge on any atom is 0.261 e. The van der Waals surface area contributed by atoms with E-state index in [9.17, 15) is 18.4 Å². The average molecular weight is 543 g/mol. The van der Waals surface area contributed by atoms with Gasteiger partial charge in [-0.2, -0.15) is 0 Å². The van der Waals surface area contributed by atoms with Gasteiger partial charge < -0.3 is 24.6 Å². The molecule has 1 unspecified atom stereocenters. The zero-order chi connectivity index (χ0) is 27.7. The number of likely N-dealkylation sites (tertiary alicyclic amines) is 2. The van der Waals surface area contributed by atoms with Crippen LogP contribution >= 0.6 is 0 Å². The molecule has 0 aromatic carbocycles. The maximum absolute atomic E-state index is 14.0. The number of halogens is 2. The molecule has 4 aliphatic heterocycles. The fourth-order valence-electron chi connectivity index (χ4n) is 6.55. The Morgan fingerprint density at radius 2 is 1.79 bits per heavy atom. The van der Waals surface area contributed by atoms with E-state index in [-0.39, 0.29) is 48.7 Å². The van der Waals surface area contributed by atoms with Crippen LogP contribution in [0, 0.1) is 17.8 Å². The van der Waals surface area contributed by atoms with Crippen LogP contribution in [0.1, 0.15) is 66.7 Å². The quantitative estimate of drug-likeness (QED) is 0.509. The van der Waals surface area contributed by atoms with Crippen LogP contribution in [0.15, 0.2) is 0 Å². The summed E-state index contributed by atoms with van der Waals surface area (Å²) in [4.78, 5) is 32.9. The second-order valence-electron chi connectivity index (χ2n) is 12.9. The van der Waals surface area contributed by atoms with Crippen molar-refractivity contribution in [2.45, 2.75) is 96.6 Å². The molecule has 4 saturated heterocycles. The number of ether oxygens (including phenoxy) is 2. The van der Waals surface area contributed by atoms with Gasteiger partial charge in [0, 0.05) is 63.9 Å². The van der Waals surface area contributed by atoms with Gasteiger partial charge in [-0.15, -0.1) is 0 Å². The third kappa shape index (κ3) is 7.04. The minimum Gasteiger partial charge on any atom is -0.349 e. The van der Waals surface area contributed by atoms with E-state index in [2.05, 4.69) is 33.0 Å². The molecule has 3 atom stereocenters. The highest BCUT2D eigenvalue weighted by molar-refractivity contribution is 5.90. The lowest BCUT2D eigenvalue weighted by molar-refractivity contribution is -0.303. The van der Waals surface area contributed by atoms with Gasteiger partial charge in [0.25, 0.3) is 5.92 Å². The summed E-state index contributed by atoms with van der Waals surface area (Å²) >= 11 is 0. The lowest BCUT2D eigenvalue weighted by Crippen LogP contribution is -2.64. The third-order valence-electron chi connectivity index (χ3n) is 8.47. The van der Waals surface area contributed by atoms with Gasteiger partial charge in [-0.05, 0) is 31.6 Å². The maximum atomic E-state index is 14.0. The molecule has 38 heavy (non-hydrogen) atoms. The minimum absolute atomic E-state index is 0.0169. The number of rotatable bonds is 8. The van der Waals surface area contributed by atoms with Crippen LogP contribution in [-0.4, -0.2) is 109 Å². The smallest absolute Gasteiger partial charge is 0.261 e. The first-order valence-electron chi connectivity index (χ1n) is 14.6. The van der Waals surface area contributed by atoms with Gasteiger partial charge in [-0.25, -0.2) is 8.78 Å². The number of alkyl halides is 2. The lowest BCUT2D eigenvalue weighted by Gasteiger charge is -2.49. The monoisotopic (exact) mass is 542 g/mol. The SMILES string of the molecule is CC(C)CC(C(=O)N1CCC2(C[C@@H]1C)OCC(CN1CCC(F)(F)C1)CO2)N1CCN[C@@H](CC(C)C)C1=O. The number of piperazine rings is 1. The van der Waals surface area contributed by atoms with Gasteiger partial charge in [0.2, 0.25) is 11.8 Å². The number of amides is 2. The fraction of sp³-hybridized carbons (Fsp3) is 0.929. The Balaban J connectivity index is 1.35. The zero-order valence-electron chi connectivity index (χ0n) is 23.9. The number of carbonyl (C=O) groups is 2. The van der Waals surface area contributed by atoms with Crippen molar-refractivity contribution >= 4 is 11.8 Å². The molecule has 0 aromatic rings. The molecule has 0 saturated carbocycles. The van der Waals surface area contributed by atoms with Crippen LogP contribution in [0.5, 0.6) is 0 Å². The van der Waals surface area contributed by atoms with E-state index in [4.69, 9.17) is 9.47 Å². The summed E-state index contributed by atoms with van der Waals surface area (Å²) in [5, 5.41) is 3.35. The molecule has 1 N–H and O–H groups in total. The molecule has 1 spiro atoms. The first-order chi connectivity index (χ1) is 17.9. The summed E-state index contributed by atoms with van der Waals surface area (Å²) < 4.78 is 39.6. The van der Waals surface area contributed by atoms with E-state index >= 15 is 0 Å². The van der Waals surface area contributed by atoms with Crippen LogP contribution in [0.2, 0.25) is 0 Å². The van der Waals surface area contributed by atoms with Crippen LogP contribution in [0.25, 0.3) is 0 Å². The van der Waals surface area contributed by atoms with E-state index in [1.807, 2.05) is 16.7 Å². The Bertz CT molecular complexity index is 834. The van der Waals surface area contributed by atoms with E-state index in [0.29, 0.717) is 71.1 Å². The number of piperidine rings is 1. The highest BCUT2D eigenvalue weighted by atomic mass is 19.3. The van der Waals surface area contributed by atoms with Crippen molar-refractivity contribution in [2.75, 3.05) is 52.5 Å². The first-order valence-corrected chi connectivity index (χ1v) is 14.6. The van der Waals surface area contributed by atoms with Crippen LogP contribution < -0.4 is 5.32 Å². The van der Waals surface area contributed by atoms with Gasteiger partial charge >= 0.3 is 0 Å². The average Bonchev–Trinajstić information content (AvgIpc) is 3.18. The Hall–Kier alpha value is -1.36. The second-order valence-corrected chi connectivity index (χ2v) is 12.9. The number of hydrogen-bond donors (Lipinski definition) is 1. The van der Waals surface area contributed by atoms with Gasteiger partial charge in [-0.1, -0.05) is 27.7 Å². The number of carbonyl (C=O) groups excluding carboxylic acids is 2. The highest BCUT2D eigenvalue weighted by Gasteiger charge is 2.47. The van der Waals surface area contributed by atoms with Crippen molar-refractivity contribution < 1.29 is 27.8 Å². The Morgan fingerprint density at radius 1 is 1.08 bits per heavy atom. The van der Waals surface area contributed by atoms with Gasteiger partial charge in [0.05, 0.1) is 25.8 Å². The van der Waals surface area contributed by atoms with Crippen LogP contribution in [0.4, 0.5) is 8.78 Å². The van der Waals surface area contributed by atoms with Crippen molar-refractivity contribution in [3.8, 4) is 0 Å². The highest BCUT2D eigenvalue weighted by Crippen LogP contribution is 2.37. The first kappa shape index (κ1) is 29.6. The van der Waals surface area contributed by atoms with Crippen molar-refractivity contribution in [1.29, 1.82) is 0 Å².